The lowest BCUT2D eigenvalue weighted by molar-refractivity contribution is 0.550. The third-order valence-corrected chi connectivity index (χ3v) is 1.85. The summed E-state index contributed by atoms with van der Waals surface area (Å²) in [7, 11) is 1.93. The first-order chi connectivity index (χ1) is 5.03. The Hall–Kier alpha value is -0.760. The van der Waals surface area contributed by atoms with Crippen molar-refractivity contribution in [2.45, 2.75) is 25.8 Å². The highest BCUT2D eigenvalue weighted by atomic mass is 14.9. The van der Waals surface area contributed by atoms with Gasteiger partial charge in [0.2, 0.25) is 0 Å². The maximum Gasteiger partial charge on any atom is 0.0371 e. The van der Waals surface area contributed by atoms with Gasteiger partial charge in [0.05, 0.1) is 0 Å². The van der Waals surface area contributed by atoms with E-state index in [1.54, 1.807) is 0 Å². The Morgan fingerprint density at radius 3 is 2.73 bits per heavy atom. The monoisotopic (exact) mass is 152 g/mol. The van der Waals surface area contributed by atoms with Crippen molar-refractivity contribution in [2.75, 3.05) is 7.05 Å². The van der Waals surface area contributed by atoms with Gasteiger partial charge >= 0.3 is 0 Å². The van der Waals surface area contributed by atoms with Crippen molar-refractivity contribution in [3.05, 3.63) is 23.4 Å². The molecule has 0 aromatic rings. The van der Waals surface area contributed by atoms with Crippen LogP contribution in [-0.2, 0) is 0 Å². The Balaban J connectivity index is 2.84. The molecule has 0 amide bonds. The summed E-state index contributed by atoms with van der Waals surface area (Å²) in [5.41, 5.74) is 8.27. The van der Waals surface area contributed by atoms with Crippen molar-refractivity contribution in [3.63, 3.8) is 0 Å². The van der Waals surface area contributed by atoms with Gasteiger partial charge in [-0.15, -0.1) is 0 Å². The molecule has 11 heavy (non-hydrogen) atoms. The third kappa shape index (κ3) is 2.09. The normalized spacial score (nSPS) is 30.9. The minimum atomic E-state index is -0.169. The lowest BCUT2D eigenvalue weighted by Crippen LogP contribution is -2.37. The van der Waals surface area contributed by atoms with Crippen molar-refractivity contribution >= 4 is 0 Å². The van der Waals surface area contributed by atoms with E-state index in [9.17, 15) is 0 Å². The second-order valence-corrected chi connectivity index (χ2v) is 3.49. The zero-order chi connectivity index (χ0) is 8.48. The SMILES string of the molecule is CNC1=CC(C)=CC(C)(N)C1. The summed E-state index contributed by atoms with van der Waals surface area (Å²) in [5, 5.41) is 3.13. The predicted molar refractivity (Wildman–Crippen MR) is 48.1 cm³/mol. The summed E-state index contributed by atoms with van der Waals surface area (Å²) in [6.07, 6.45) is 5.14. The summed E-state index contributed by atoms with van der Waals surface area (Å²) >= 11 is 0. The summed E-state index contributed by atoms with van der Waals surface area (Å²) < 4.78 is 0. The highest BCUT2D eigenvalue weighted by molar-refractivity contribution is 5.31. The van der Waals surface area contributed by atoms with Gasteiger partial charge in [-0.3, -0.25) is 0 Å². The zero-order valence-electron chi connectivity index (χ0n) is 7.44. The Kier molecular flexibility index (Phi) is 2.05. The van der Waals surface area contributed by atoms with Crippen molar-refractivity contribution in [1.29, 1.82) is 0 Å². The molecule has 1 unspecified atom stereocenters. The molecule has 0 heterocycles. The largest absolute Gasteiger partial charge is 0.391 e. The zero-order valence-corrected chi connectivity index (χ0v) is 7.44. The van der Waals surface area contributed by atoms with Gasteiger partial charge in [0, 0.05) is 24.7 Å². The van der Waals surface area contributed by atoms with Gasteiger partial charge in [0.15, 0.2) is 0 Å². The smallest absolute Gasteiger partial charge is 0.0371 e. The number of nitrogens with one attached hydrogen (secondary N) is 1. The van der Waals surface area contributed by atoms with Gasteiger partial charge < -0.3 is 11.1 Å². The van der Waals surface area contributed by atoms with Crippen molar-refractivity contribution in [1.82, 2.24) is 5.32 Å². The molecule has 0 radical (unpaired) electrons. The molecule has 0 saturated heterocycles. The quantitative estimate of drug-likeness (QED) is 0.591. The number of hydrogen-bond acceptors (Lipinski definition) is 2. The molecule has 0 spiro atoms. The van der Waals surface area contributed by atoms with Gasteiger partial charge in [-0.1, -0.05) is 11.6 Å². The fourth-order valence-electron chi connectivity index (χ4n) is 1.51. The summed E-state index contributed by atoms with van der Waals surface area (Å²) in [4.78, 5) is 0. The number of nitrogens with two attached hydrogens (primary N) is 1. The molecule has 0 aliphatic heterocycles. The Morgan fingerprint density at radius 1 is 1.64 bits per heavy atom. The van der Waals surface area contributed by atoms with Crippen LogP contribution in [-0.4, -0.2) is 12.6 Å². The Labute approximate surface area is 68.2 Å². The van der Waals surface area contributed by atoms with E-state index in [2.05, 4.69) is 24.4 Å². The van der Waals surface area contributed by atoms with E-state index in [0.29, 0.717) is 0 Å². The minimum Gasteiger partial charge on any atom is -0.391 e. The van der Waals surface area contributed by atoms with Crippen LogP contribution >= 0.6 is 0 Å². The van der Waals surface area contributed by atoms with E-state index < -0.39 is 0 Å². The number of allylic oxidation sites excluding steroid dienone is 2. The average Bonchev–Trinajstić information content (AvgIpc) is 1.83. The fraction of sp³-hybridized carbons (Fsp3) is 0.556. The molecule has 0 aromatic carbocycles. The minimum absolute atomic E-state index is 0.169. The maximum absolute atomic E-state index is 5.98. The molecule has 2 heteroatoms. The van der Waals surface area contributed by atoms with Crippen molar-refractivity contribution < 1.29 is 0 Å². The molecule has 0 fully saturated rings. The van der Waals surface area contributed by atoms with Crippen LogP contribution in [0.2, 0.25) is 0 Å². The van der Waals surface area contributed by atoms with Crippen LogP contribution in [0, 0.1) is 0 Å². The van der Waals surface area contributed by atoms with Crippen LogP contribution in [0.4, 0.5) is 0 Å². The van der Waals surface area contributed by atoms with Crippen LogP contribution < -0.4 is 11.1 Å². The van der Waals surface area contributed by atoms with Crippen LogP contribution in [0.1, 0.15) is 20.3 Å². The molecule has 1 aliphatic carbocycles. The molecular weight excluding hydrogens is 136 g/mol. The molecule has 1 aliphatic rings. The second kappa shape index (κ2) is 2.70. The standard InChI is InChI=1S/C9H16N2/c1-7-4-8(11-3)6-9(2,10)5-7/h4-5,11H,6,10H2,1-3H3. The van der Waals surface area contributed by atoms with Gasteiger partial charge in [0.25, 0.3) is 0 Å². The first-order valence-electron chi connectivity index (χ1n) is 3.90. The summed E-state index contributed by atoms with van der Waals surface area (Å²) in [6, 6.07) is 0. The molecule has 2 nitrogen and oxygen atoms in total. The van der Waals surface area contributed by atoms with Crippen LogP contribution in [0.3, 0.4) is 0 Å². The molecular formula is C9H16N2. The highest BCUT2D eigenvalue weighted by Crippen LogP contribution is 2.21. The fourth-order valence-corrected chi connectivity index (χ4v) is 1.51. The van der Waals surface area contributed by atoms with Gasteiger partial charge in [-0.2, -0.15) is 0 Å². The molecule has 1 atom stereocenters. The van der Waals surface area contributed by atoms with E-state index in [1.165, 1.54) is 11.3 Å². The molecule has 62 valence electrons. The maximum atomic E-state index is 5.98. The second-order valence-electron chi connectivity index (χ2n) is 3.49. The molecule has 3 N–H and O–H groups in total. The lowest BCUT2D eigenvalue weighted by Gasteiger charge is -2.26. The average molecular weight is 152 g/mol. The molecule has 1 rings (SSSR count). The van der Waals surface area contributed by atoms with Crippen LogP contribution in [0.15, 0.2) is 23.4 Å². The van der Waals surface area contributed by atoms with Gasteiger partial charge in [-0.05, 0) is 19.9 Å². The van der Waals surface area contributed by atoms with Crippen LogP contribution in [0.5, 0.6) is 0 Å². The summed E-state index contributed by atoms with van der Waals surface area (Å²) in [6.45, 7) is 4.11. The van der Waals surface area contributed by atoms with Gasteiger partial charge in [-0.25, -0.2) is 0 Å². The number of rotatable bonds is 1. The van der Waals surface area contributed by atoms with Gasteiger partial charge in [0.1, 0.15) is 0 Å². The Morgan fingerprint density at radius 2 is 2.27 bits per heavy atom. The first kappa shape index (κ1) is 8.34. The molecule has 0 bridgehead atoms. The van der Waals surface area contributed by atoms with E-state index in [1.807, 2.05) is 14.0 Å². The van der Waals surface area contributed by atoms with Crippen molar-refractivity contribution in [2.24, 2.45) is 5.73 Å². The Bertz CT molecular complexity index is 212. The summed E-state index contributed by atoms with van der Waals surface area (Å²) in [5.74, 6) is 0. The predicted octanol–water partition coefficient (Wildman–Crippen LogP) is 1.16. The highest BCUT2D eigenvalue weighted by Gasteiger charge is 2.20. The molecule has 0 saturated carbocycles. The van der Waals surface area contributed by atoms with Crippen molar-refractivity contribution in [3.8, 4) is 0 Å². The van der Waals surface area contributed by atoms with Crippen LogP contribution in [0.25, 0.3) is 0 Å². The van der Waals surface area contributed by atoms with E-state index in [4.69, 9.17) is 5.73 Å². The van der Waals surface area contributed by atoms with E-state index in [0.717, 1.165) is 6.42 Å². The third-order valence-electron chi connectivity index (χ3n) is 1.85. The topological polar surface area (TPSA) is 38.0 Å². The van der Waals surface area contributed by atoms with E-state index >= 15 is 0 Å². The first-order valence-corrected chi connectivity index (χ1v) is 3.90. The number of hydrogen-bond donors (Lipinski definition) is 2. The lowest BCUT2D eigenvalue weighted by atomic mass is 9.89. The molecule has 0 aromatic heterocycles. The van der Waals surface area contributed by atoms with E-state index in [-0.39, 0.29) is 5.54 Å².